The van der Waals surface area contributed by atoms with Gasteiger partial charge in [0.15, 0.2) is 0 Å². The van der Waals surface area contributed by atoms with Crippen molar-refractivity contribution < 1.29 is 14.3 Å². The van der Waals surface area contributed by atoms with Gasteiger partial charge in [0.05, 0.1) is 0 Å². The van der Waals surface area contributed by atoms with Gasteiger partial charge in [0.25, 0.3) is 5.91 Å². The molecule has 1 aromatic carbocycles. The van der Waals surface area contributed by atoms with E-state index >= 15 is 0 Å². The van der Waals surface area contributed by atoms with Crippen molar-refractivity contribution >= 4 is 22.9 Å². The van der Waals surface area contributed by atoms with Gasteiger partial charge in [-0.15, -0.1) is 0 Å². The van der Waals surface area contributed by atoms with E-state index in [9.17, 15) is 9.59 Å². The fraction of sp³-hybridized carbons (Fsp3) is 0.0909. The molecule has 1 aromatic heterocycles. The Morgan fingerprint density at radius 1 is 1.19 bits per heavy atom. The third kappa shape index (κ3) is 1.18. The van der Waals surface area contributed by atoms with E-state index in [1.54, 1.807) is 6.20 Å². The third-order valence-corrected chi connectivity index (χ3v) is 2.59. The Kier molecular flexibility index (Phi) is 1.73. The van der Waals surface area contributed by atoms with Gasteiger partial charge in [-0.1, -0.05) is 18.2 Å². The van der Waals surface area contributed by atoms with Crippen LogP contribution < -0.4 is 5.32 Å². The van der Waals surface area contributed by atoms with E-state index in [-0.39, 0.29) is 0 Å². The highest BCUT2D eigenvalue weighted by Crippen LogP contribution is 2.28. The van der Waals surface area contributed by atoms with E-state index in [1.807, 2.05) is 24.3 Å². The molecule has 1 unspecified atom stereocenters. The van der Waals surface area contributed by atoms with Crippen molar-refractivity contribution in [2.75, 3.05) is 0 Å². The Morgan fingerprint density at radius 3 is 2.75 bits per heavy atom. The van der Waals surface area contributed by atoms with Crippen molar-refractivity contribution in [2.45, 2.75) is 6.10 Å². The summed E-state index contributed by atoms with van der Waals surface area (Å²) in [5, 5.41) is 2.99. The molecule has 5 nitrogen and oxygen atoms in total. The van der Waals surface area contributed by atoms with Crippen LogP contribution in [0, 0.1) is 0 Å². The van der Waals surface area contributed by atoms with Crippen molar-refractivity contribution in [1.29, 1.82) is 0 Å². The average Bonchev–Trinajstić information content (AvgIpc) is 2.81. The zero-order chi connectivity index (χ0) is 11.1. The van der Waals surface area contributed by atoms with Gasteiger partial charge in [-0.05, 0) is 6.07 Å². The van der Waals surface area contributed by atoms with E-state index in [4.69, 9.17) is 4.74 Å². The maximum atomic E-state index is 11.5. The number of nitrogens with one attached hydrogen (secondary N) is 2. The molecule has 2 amide bonds. The summed E-state index contributed by atoms with van der Waals surface area (Å²) in [4.78, 5) is 25.4. The van der Waals surface area contributed by atoms with Crippen LogP contribution in [-0.4, -0.2) is 17.0 Å². The molecular formula is C11H8N2O3. The van der Waals surface area contributed by atoms with Crippen LogP contribution in [0.25, 0.3) is 10.9 Å². The van der Waals surface area contributed by atoms with E-state index in [0.29, 0.717) is 5.56 Å². The molecule has 2 N–H and O–H groups in total. The Morgan fingerprint density at radius 2 is 2.00 bits per heavy atom. The molecule has 16 heavy (non-hydrogen) atoms. The average molecular weight is 216 g/mol. The number of carbonyl (C=O) groups is 2. The number of ether oxygens (including phenoxy) is 1. The minimum Gasteiger partial charge on any atom is -0.431 e. The molecule has 1 atom stereocenters. The first-order valence-corrected chi connectivity index (χ1v) is 4.83. The molecule has 1 aliphatic heterocycles. The van der Waals surface area contributed by atoms with Gasteiger partial charge in [0, 0.05) is 22.7 Å². The zero-order valence-corrected chi connectivity index (χ0v) is 8.19. The molecule has 5 heteroatoms. The fourth-order valence-corrected chi connectivity index (χ4v) is 1.87. The number of H-pyrrole nitrogens is 1. The van der Waals surface area contributed by atoms with Crippen molar-refractivity contribution in [1.82, 2.24) is 10.3 Å². The topological polar surface area (TPSA) is 71.2 Å². The number of fused-ring (bicyclic) bond motifs is 1. The molecule has 1 saturated heterocycles. The smallest absolute Gasteiger partial charge is 0.415 e. The number of hydrogen-bond acceptors (Lipinski definition) is 3. The van der Waals surface area contributed by atoms with Crippen LogP contribution in [0.15, 0.2) is 30.5 Å². The Bertz CT molecular complexity index is 588. The molecule has 1 aliphatic rings. The Balaban J connectivity index is 2.13. The lowest BCUT2D eigenvalue weighted by molar-refractivity contribution is -0.123. The van der Waals surface area contributed by atoms with Crippen molar-refractivity contribution in [3.05, 3.63) is 36.0 Å². The molecule has 0 bridgehead atoms. The normalized spacial score (nSPS) is 19.9. The molecule has 0 radical (unpaired) electrons. The van der Waals surface area contributed by atoms with E-state index in [0.717, 1.165) is 10.9 Å². The standard InChI is InChI=1S/C11H8N2O3/c14-10-9(16-11(15)13-10)7-5-12-8-4-2-1-3-6(7)8/h1-5,9,12H,(H,13,14,15). The van der Waals surface area contributed by atoms with Gasteiger partial charge in [-0.25, -0.2) is 4.79 Å². The lowest BCUT2D eigenvalue weighted by atomic mass is 10.1. The molecule has 0 spiro atoms. The maximum Gasteiger partial charge on any atom is 0.415 e. The van der Waals surface area contributed by atoms with Gasteiger partial charge in [-0.3, -0.25) is 10.1 Å². The van der Waals surface area contributed by atoms with Crippen LogP contribution >= 0.6 is 0 Å². The lowest BCUT2D eigenvalue weighted by Crippen LogP contribution is -2.20. The van der Waals surface area contributed by atoms with Crippen molar-refractivity contribution in [2.24, 2.45) is 0 Å². The number of aromatic nitrogens is 1. The van der Waals surface area contributed by atoms with Gasteiger partial charge in [0.1, 0.15) is 0 Å². The number of aromatic amines is 1. The number of rotatable bonds is 1. The minimum atomic E-state index is -0.844. The molecule has 0 saturated carbocycles. The predicted octanol–water partition coefficient (Wildman–Crippen LogP) is 1.48. The van der Waals surface area contributed by atoms with Crippen molar-refractivity contribution in [3.63, 3.8) is 0 Å². The summed E-state index contributed by atoms with van der Waals surface area (Å²) in [6.07, 6.45) is 0.150. The SMILES string of the molecule is O=C1NC(=O)C(c2c[nH]c3ccccc23)O1. The molecule has 3 rings (SSSR count). The summed E-state index contributed by atoms with van der Waals surface area (Å²) < 4.78 is 4.91. The monoisotopic (exact) mass is 216 g/mol. The summed E-state index contributed by atoms with van der Waals surface area (Å²) in [6.45, 7) is 0. The highest BCUT2D eigenvalue weighted by Gasteiger charge is 2.35. The fourth-order valence-electron chi connectivity index (χ4n) is 1.87. The lowest BCUT2D eigenvalue weighted by Gasteiger charge is -2.03. The largest absolute Gasteiger partial charge is 0.431 e. The highest BCUT2D eigenvalue weighted by atomic mass is 16.6. The van der Waals surface area contributed by atoms with Crippen molar-refractivity contribution in [3.8, 4) is 0 Å². The molecule has 2 aromatic rings. The molecular weight excluding hydrogens is 208 g/mol. The van der Waals surface area contributed by atoms with Crippen LogP contribution in [-0.2, 0) is 9.53 Å². The van der Waals surface area contributed by atoms with Gasteiger partial charge < -0.3 is 9.72 Å². The zero-order valence-electron chi connectivity index (χ0n) is 8.19. The number of carbonyl (C=O) groups excluding carboxylic acids is 2. The van der Waals surface area contributed by atoms with E-state index in [2.05, 4.69) is 10.3 Å². The van der Waals surface area contributed by atoms with Crippen LogP contribution in [0.1, 0.15) is 11.7 Å². The minimum absolute atomic E-state index is 0.422. The number of alkyl carbamates (subject to hydrolysis) is 1. The first kappa shape index (κ1) is 8.96. The summed E-state index contributed by atoms with van der Waals surface area (Å²) in [5.41, 5.74) is 1.59. The van der Waals surface area contributed by atoms with Gasteiger partial charge in [-0.2, -0.15) is 0 Å². The molecule has 1 fully saturated rings. The first-order valence-electron chi connectivity index (χ1n) is 4.83. The predicted molar refractivity (Wildman–Crippen MR) is 55.7 cm³/mol. The summed E-state index contributed by atoms with van der Waals surface area (Å²) >= 11 is 0. The molecule has 2 heterocycles. The second kappa shape index (κ2) is 3.10. The molecule has 80 valence electrons. The molecule has 0 aliphatic carbocycles. The third-order valence-electron chi connectivity index (χ3n) is 2.59. The second-order valence-corrected chi connectivity index (χ2v) is 3.56. The van der Waals surface area contributed by atoms with Crippen LogP contribution in [0.5, 0.6) is 0 Å². The number of cyclic esters (lactones) is 1. The maximum absolute atomic E-state index is 11.5. The van der Waals surface area contributed by atoms with Crippen LogP contribution in [0.4, 0.5) is 4.79 Å². The van der Waals surface area contributed by atoms with E-state index in [1.165, 1.54) is 0 Å². The number of imide groups is 1. The first-order chi connectivity index (χ1) is 7.75. The second-order valence-electron chi connectivity index (χ2n) is 3.56. The number of amides is 2. The number of para-hydroxylation sites is 1. The Hall–Kier alpha value is -2.30. The van der Waals surface area contributed by atoms with Gasteiger partial charge in [0.2, 0.25) is 6.10 Å². The van der Waals surface area contributed by atoms with Crippen LogP contribution in [0.2, 0.25) is 0 Å². The quantitative estimate of drug-likeness (QED) is 0.758. The summed E-state index contributed by atoms with van der Waals surface area (Å²) in [7, 11) is 0. The summed E-state index contributed by atoms with van der Waals surface area (Å²) in [6, 6.07) is 7.53. The summed E-state index contributed by atoms with van der Waals surface area (Å²) in [5.74, 6) is -0.422. The number of benzene rings is 1. The van der Waals surface area contributed by atoms with E-state index < -0.39 is 18.1 Å². The number of hydrogen-bond donors (Lipinski definition) is 2. The van der Waals surface area contributed by atoms with Crippen LogP contribution in [0.3, 0.4) is 0 Å². The highest BCUT2D eigenvalue weighted by molar-refractivity contribution is 6.02. The Labute approximate surface area is 90.4 Å². The van der Waals surface area contributed by atoms with Gasteiger partial charge >= 0.3 is 6.09 Å².